The van der Waals surface area contributed by atoms with Crippen LogP contribution in [0.25, 0.3) is 11.4 Å². The predicted molar refractivity (Wildman–Crippen MR) is 86.1 cm³/mol. The molecule has 0 radical (unpaired) electrons. The van der Waals surface area contributed by atoms with E-state index in [0.29, 0.717) is 27.3 Å². The van der Waals surface area contributed by atoms with Crippen LogP contribution in [0.2, 0.25) is 5.02 Å². The van der Waals surface area contributed by atoms with E-state index >= 15 is 0 Å². The van der Waals surface area contributed by atoms with Gasteiger partial charge in [-0.1, -0.05) is 23.4 Å². The van der Waals surface area contributed by atoms with Crippen LogP contribution in [0.1, 0.15) is 6.92 Å². The smallest absolute Gasteiger partial charge is 0.248 e. The number of methoxy groups -OCH3 is 1. The minimum Gasteiger partial charge on any atom is -0.496 e. The fourth-order valence-corrected chi connectivity index (χ4v) is 2.39. The number of rotatable bonds is 5. The highest BCUT2D eigenvalue weighted by Gasteiger charge is 2.13. The van der Waals surface area contributed by atoms with Crippen molar-refractivity contribution in [3.63, 3.8) is 0 Å². The Bertz CT molecular complexity index is 721. The van der Waals surface area contributed by atoms with E-state index in [1.165, 1.54) is 6.92 Å². The van der Waals surface area contributed by atoms with Gasteiger partial charge in [0.15, 0.2) is 5.82 Å². The first kappa shape index (κ1) is 17.1. The van der Waals surface area contributed by atoms with Crippen LogP contribution in [0, 0.1) is 0 Å². The van der Waals surface area contributed by atoms with Gasteiger partial charge >= 0.3 is 0 Å². The molecule has 0 spiro atoms. The Morgan fingerprint density at radius 2 is 2.17 bits per heavy atom. The number of H-pyrrole nitrogens is 1. The number of hydrazine groups is 1. The van der Waals surface area contributed by atoms with Crippen molar-refractivity contribution < 1.29 is 14.3 Å². The van der Waals surface area contributed by atoms with Gasteiger partial charge in [0, 0.05) is 11.9 Å². The van der Waals surface area contributed by atoms with Crippen molar-refractivity contribution in [2.45, 2.75) is 12.1 Å². The molecule has 0 fully saturated rings. The predicted octanol–water partition coefficient (Wildman–Crippen LogP) is 1.39. The first-order valence-electron chi connectivity index (χ1n) is 6.44. The Morgan fingerprint density at radius 3 is 2.87 bits per heavy atom. The van der Waals surface area contributed by atoms with Gasteiger partial charge in [-0.2, -0.15) is 0 Å². The number of nitrogens with zero attached hydrogens (tertiary/aromatic N) is 2. The quantitative estimate of drug-likeness (QED) is 0.552. The normalized spacial score (nSPS) is 10.2. The van der Waals surface area contributed by atoms with Crippen LogP contribution in [-0.2, 0) is 9.59 Å². The van der Waals surface area contributed by atoms with Crippen molar-refractivity contribution in [1.82, 2.24) is 26.0 Å². The van der Waals surface area contributed by atoms with Crippen molar-refractivity contribution in [2.75, 3.05) is 12.9 Å². The lowest BCUT2D eigenvalue weighted by Crippen LogP contribution is -2.41. The largest absolute Gasteiger partial charge is 0.496 e. The average Bonchev–Trinajstić information content (AvgIpc) is 2.99. The molecular weight excluding hydrogens is 342 g/mol. The summed E-state index contributed by atoms with van der Waals surface area (Å²) in [4.78, 5) is 26.5. The van der Waals surface area contributed by atoms with Crippen LogP contribution in [0.15, 0.2) is 23.4 Å². The molecule has 122 valence electrons. The molecule has 0 aliphatic rings. The number of amides is 2. The van der Waals surface area contributed by atoms with Gasteiger partial charge < -0.3 is 4.74 Å². The third-order valence-electron chi connectivity index (χ3n) is 2.59. The summed E-state index contributed by atoms with van der Waals surface area (Å²) in [5.41, 5.74) is 5.12. The number of carbonyl (C=O) groups is 2. The maximum Gasteiger partial charge on any atom is 0.248 e. The molecule has 0 bridgehead atoms. The lowest BCUT2D eigenvalue weighted by atomic mass is 10.2. The Kier molecular flexibility index (Phi) is 5.83. The zero-order valence-corrected chi connectivity index (χ0v) is 13.9. The minimum absolute atomic E-state index is 0.0598. The van der Waals surface area contributed by atoms with Crippen molar-refractivity contribution in [2.24, 2.45) is 0 Å². The molecule has 1 aromatic heterocycles. The Morgan fingerprint density at radius 1 is 1.39 bits per heavy atom. The van der Waals surface area contributed by atoms with E-state index in [-0.39, 0.29) is 17.6 Å². The standard InChI is InChI=1S/C13H14ClN5O3S/c1-7(20)16-17-11(21)6-23-13-15-12(18-19-13)9-5-8(14)3-4-10(9)22-2/h3-5H,6H2,1-2H3,(H,16,20)(H,17,21)(H,15,18,19). The number of carbonyl (C=O) groups excluding carboxylic acids is 2. The molecule has 1 aromatic carbocycles. The van der Waals surface area contributed by atoms with E-state index in [4.69, 9.17) is 16.3 Å². The van der Waals surface area contributed by atoms with Crippen molar-refractivity contribution in [3.05, 3.63) is 23.2 Å². The van der Waals surface area contributed by atoms with E-state index in [1.54, 1.807) is 25.3 Å². The van der Waals surface area contributed by atoms with Crippen LogP contribution >= 0.6 is 23.4 Å². The number of aromatic amines is 1. The van der Waals surface area contributed by atoms with Gasteiger partial charge in [0.25, 0.3) is 0 Å². The molecule has 23 heavy (non-hydrogen) atoms. The second-order valence-corrected chi connectivity index (χ2v) is 5.71. The minimum atomic E-state index is -0.364. The molecule has 0 saturated carbocycles. The topological polar surface area (TPSA) is 109 Å². The molecule has 3 N–H and O–H groups in total. The number of halogens is 1. The van der Waals surface area contributed by atoms with Crippen LogP contribution < -0.4 is 15.6 Å². The highest BCUT2D eigenvalue weighted by molar-refractivity contribution is 7.99. The fourth-order valence-electron chi connectivity index (χ4n) is 1.62. The number of thioether (sulfide) groups is 1. The van der Waals surface area contributed by atoms with Crippen molar-refractivity contribution in [3.8, 4) is 17.1 Å². The molecule has 0 unspecified atom stereocenters. The van der Waals surface area contributed by atoms with E-state index in [9.17, 15) is 9.59 Å². The molecule has 10 heteroatoms. The number of aromatic nitrogens is 3. The number of nitrogens with one attached hydrogen (secondary N) is 3. The monoisotopic (exact) mass is 355 g/mol. The molecule has 0 aliphatic carbocycles. The first-order valence-corrected chi connectivity index (χ1v) is 7.80. The number of hydrogen-bond acceptors (Lipinski definition) is 6. The first-order chi connectivity index (χ1) is 11.0. The van der Waals surface area contributed by atoms with Gasteiger partial charge in [-0.15, -0.1) is 5.10 Å². The molecule has 0 saturated heterocycles. The Labute approximate surface area is 141 Å². The van der Waals surface area contributed by atoms with Gasteiger partial charge in [0.05, 0.1) is 18.4 Å². The van der Waals surface area contributed by atoms with Crippen LogP contribution in [0.5, 0.6) is 5.75 Å². The summed E-state index contributed by atoms with van der Waals surface area (Å²) in [6.45, 7) is 1.30. The summed E-state index contributed by atoms with van der Waals surface area (Å²) in [6, 6.07) is 5.15. The van der Waals surface area contributed by atoms with E-state index in [0.717, 1.165) is 11.8 Å². The molecule has 2 aromatic rings. The zero-order chi connectivity index (χ0) is 16.8. The van der Waals surface area contributed by atoms with E-state index < -0.39 is 0 Å². The second kappa shape index (κ2) is 7.84. The molecule has 1 heterocycles. The molecule has 2 amide bonds. The fraction of sp³-hybridized carbons (Fsp3) is 0.231. The molecule has 2 rings (SSSR count). The molecule has 0 atom stereocenters. The van der Waals surface area contributed by atoms with Crippen molar-refractivity contribution >= 4 is 35.2 Å². The lowest BCUT2D eigenvalue weighted by Gasteiger charge is -2.05. The maximum absolute atomic E-state index is 11.5. The summed E-state index contributed by atoms with van der Waals surface area (Å²) in [7, 11) is 1.55. The second-order valence-electron chi connectivity index (χ2n) is 4.33. The summed E-state index contributed by atoms with van der Waals surface area (Å²) in [6.07, 6.45) is 0. The van der Waals surface area contributed by atoms with Crippen LogP contribution in [0.4, 0.5) is 0 Å². The SMILES string of the molecule is COc1ccc(Cl)cc1-c1nc(SCC(=O)NNC(C)=O)n[nH]1. The van der Waals surface area contributed by atoms with E-state index in [1.807, 2.05) is 0 Å². The summed E-state index contributed by atoms with van der Waals surface area (Å²) in [5.74, 6) is 0.428. The molecule has 8 nitrogen and oxygen atoms in total. The highest BCUT2D eigenvalue weighted by Crippen LogP contribution is 2.31. The van der Waals surface area contributed by atoms with Crippen LogP contribution in [0.3, 0.4) is 0 Å². The molecule has 0 aliphatic heterocycles. The van der Waals surface area contributed by atoms with Gasteiger partial charge in [-0.3, -0.25) is 25.5 Å². The van der Waals surface area contributed by atoms with Gasteiger partial charge in [0.2, 0.25) is 17.0 Å². The van der Waals surface area contributed by atoms with Crippen molar-refractivity contribution in [1.29, 1.82) is 0 Å². The van der Waals surface area contributed by atoms with Gasteiger partial charge in [-0.25, -0.2) is 4.98 Å². The Balaban J connectivity index is 2.02. The van der Waals surface area contributed by atoms with Gasteiger partial charge in [0.1, 0.15) is 5.75 Å². The van der Waals surface area contributed by atoms with Gasteiger partial charge in [-0.05, 0) is 18.2 Å². The summed E-state index contributed by atoms with van der Waals surface area (Å²) >= 11 is 7.11. The lowest BCUT2D eigenvalue weighted by molar-refractivity contribution is -0.126. The highest BCUT2D eigenvalue weighted by atomic mass is 35.5. The summed E-state index contributed by atoms with van der Waals surface area (Å²) in [5, 5.41) is 7.73. The Hall–Kier alpha value is -2.26. The van der Waals surface area contributed by atoms with E-state index in [2.05, 4.69) is 26.0 Å². The molecular formula is C13H14ClN5O3S. The zero-order valence-electron chi connectivity index (χ0n) is 12.3. The third-order valence-corrected chi connectivity index (χ3v) is 3.67. The van der Waals surface area contributed by atoms with Crippen LogP contribution in [-0.4, -0.2) is 39.9 Å². The number of ether oxygens (including phenoxy) is 1. The number of hydrogen-bond donors (Lipinski definition) is 3. The maximum atomic E-state index is 11.5. The number of benzene rings is 1. The third kappa shape index (κ3) is 4.86. The summed E-state index contributed by atoms with van der Waals surface area (Å²) < 4.78 is 5.26. The average molecular weight is 356 g/mol.